The molecule has 1 aliphatic rings. The van der Waals surface area contributed by atoms with E-state index < -0.39 is 0 Å². The number of amides is 2. The fourth-order valence-corrected chi connectivity index (χ4v) is 3.52. The number of rotatable bonds is 5. The van der Waals surface area contributed by atoms with Crippen LogP contribution in [-0.4, -0.2) is 43.4 Å². The van der Waals surface area contributed by atoms with Crippen molar-refractivity contribution in [3.63, 3.8) is 0 Å². The molecule has 1 aliphatic heterocycles. The molecule has 0 bridgehead atoms. The summed E-state index contributed by atoms with van der Waals surface area (Å²) < 4.78 is 0. The predicted octanol–water partition coefficient (Wildman–Crippen LogP) is 2.45. The molecule has 1 atom stereocenters. The molecule has 2 amide bonds. The lowest BCUT2D eigenvalue weighted by Crippen LogP contribution is -2.42. The van der Waals surface area contributed by atoms with Gasteiger partial charge in [0.25, 0.3) is 5.91 Å². The SMILES string of the molecule is CNC(=O)Cc1ccc(-c2ccc(C(=O)N3CCC[C@@H](CN)C3)cc2)cc1. The molecule has 0 radical (unpaired) electrons. The maximum Gasteiger partial charge on any atom is 0.253 e. The predicted molar refractivity (Wildman–Crippen MR) is 107 cm³/mol. The molecule has 3 rings (SSSR count). The minimum atomic E-state index is 0.000188. The average Bonchev–Trinajstić information content (AvgIpc) is 2.74. The van der Waals surface area contributed by atoms with Crippen molar-refractivity contribution in [2.75, 3.05) is 26.7 Å². The molecule has 1 saturated heterocycles. The summed E-state index contributed by atoms with van der Waals surface area (Å²) in [4.78, 5) is 26.1. The van der Waals surface area contributed by atoms with E-state index in [0.717, 1.165) is 42.6 Å². The van der Waals surface area contributed by atoms with E-state index in [4.69, 9.17) is 5.73 Å². The van der Waals surface area contributed by atoms with E-state index in [1.54, 1.807) is 7.05 Å². The number of nitrogens with zero attached hydrogens (tertiary/aromatic N) is 1. The van der Waals surface area contributed by atoms with Gasteiger partial charge in [-0.05, 0) is 54.1 Å². The van der Waals surface area contributed by atoms with Crippen LogP contribution >= 0.6 is 0 Å². The highest BCUT2D eigenvalue weighted by molar-refractivity contribution is 5.94. The van der Waals surface area contributed by atoms with Gasteiger partial charge in [-0.15, -0.1) is 0 Å². The highest BCUT2D eigenvalue weighted by Crippen LogP contribution is 2.22. The molecule has 142 valence electrons. The highest BCUT2D eigenvalue weighted by atomic mass is 16.2. The topological polar surface area (TPSA) is 75.4 Å². The van der Waals surface area contributed by atoms with Gasteiger partial charge in [-0.25, -0.2) is 0 Å². The fourth-order valence-electron chi connectivity index (χ4n) is 3.52. The van der Waals surface area contributed by atoms with Gasteiger partial charge in [0.1, 0.15) is 0 Å². The van der Waals surface area contributed by atoms with Crippen LogP contribution in [0.25, 0.3) is 11.1 Å². The second-order valence-corrected chi connectivity index (χ2v) is 7.12. The lowest BCUT2D eigenvalue weighted by molar-refractivity contribution is -0.119. The first kappa shape index (κ1) is 19.1. The number of likely N-dealkylation sites (N-methyl/N-ethyl adjacent to an activating group) is 1. The zero-order chi connectivity index (χ0) is 19.2. The van der Waals surface area contributed by atoms with Crippen LogP contribution in [0.15, 0.2) is 48.5 Å². The molecule has 2 aromatic rings. The Bertz CT molecular complexity index is 784. The minimum absolute atomic E-state index is 0.000188. The van der Waals surface area contributed by atoms with Gasteiger partial charge in [0, 0.05) is 25.7 Å². The van der Waals surface area contributed by atoms with Crippen molar-refractivity contribution in [3.05, 3.63) is 59.7 Å². The molecule has 0 aliphatic carbocycles. The number of piperidine rings is 1. The van der Waals surface area contributed by atoms with Gasteiger partial charge >= 0.3 is 0 Å². The number of nitrogens with one attached hydrogen (secondary N) is 1. The maximum absolute atomic E-state index is 12.7. The third kappa shape index (κ3) is 4.74. The van der Waals surface area contributed by atoms with E-state index in [1.807, 2.05) is 53.4 Å². The highest BCUT2D eigenvalue weighted by Gasteiger charge is 2.23. The molecule has 1 heterocycles. The monoisotopic (exact) mass is 365 g/mol. The molecule has 0 aromatic heterocycles. The molecule has 0 unspecified atom stereocenters. The first-order valence-electron chi connectivity index (χ1n) is 9.50. The number of carbonyl (C=O) groups is 2. The van der Waals surface area contributed by atoms with Crippen LogP contribution in [0, 0.1) is 5.92 Å². The van der Waals surface area contributed by atoms with Gasteiger partial charge < -0.3 is 16.0 Å². The largest absolute Gasteiger partial charge is 0.359 e. The van der Waals surface area contributed by atoms with E-state index in [9.17, 15) is 9.59 Å². The Kier molecular flexibility index (Phi) is 6.24. The van der Waals surface area contributed by atoms with E-state index >= 15 is 0 Å². The molecule has 0 spiro atoms. The smallest absolute Gasteiger partial charge is 0.253 e. The average molecular weight is 365 g/mol. The second kappa shape index (κ2) is 8.82. The van der Waals surface area contributed by atoms with Crippen molar-refractivity contribution in [1.29, 1.82) is 0 Å². The van der Waals surface area contributed by atoms with Crippen molar-refractivity contribution in [2.24, 2.45) is 11.7 Å². The third-order valence-corrected chi connectivity index (χ3v) is 5.20. The van der Waals surface area contributed by atoms with Crippen LogP contribution in [0.4, 0.5) is 0 Å². The Morgan fingerprint density at radius 1 is 1.07 bits per heavy atom. The summed E-state index contributed by atoms with van der Waals surface area (Å²) in [6.45, 7) is 2.20. The third-order valence-electron chi connectivity index (χ3n) is 5.20. The first-order valence-corrected chi connectivity index (χ1v) is 9.50. The summed E-state index contributed by atoms with van der Waals surface area (Å²) in [7, 11) is 1.64. The standard InChI is InChI=1S/C22H27N3O2/c1-24-21(26)13-16-4-6-18(7-5-16)19-8-10-20(11-9-19)22(27)25-12-2-3-17(14-23)15-25/h4-11,17H,2-3,12-15,23H2,1H3,(H,24,26)/t17-/m0/s1. The van der Waals surface area contributed by atoms with E-state index in [2.05, 4.69) is 5.32 Å². The second-order valence-electron chi connectivity index (χ2n) is 7.12. The lowest BCUT2D eigenvalue weighted by Gasteiger charge is -2.32. The number of hydrogen-bond donors (Lipinski definition) is 2. The van der Waals surface area contributed by atoms with Crippen LogP contribution < -0.4 is 11.1 Å². The summed E-state index contributed by atoms with van der Waals surface area (Å²) in [6.07, 6.45) is 2.51. The van der Waals surface area contributed by atoms with Crippen molar-refractivity contribution >= 4 is 11.8 Å². The van der Waals surface area contributed by atoms with Crippen LogP contribution in [0.2, 0.25) is 0 Å². The summed E-state index contributed by atoms with van der Waals surface area (Å²) in [5.74, 6) is 0.496. The van der Waals surface area contributed by atoms with Gasteiger partial charge in [0.15, 0.2) is 0 Å². The minimum Gasteiger partial charge on any atom is -0.359 e. The van der Waals surface area contributed by atoms with Crippen molar-refractivity contribution in [1.82, 2.24) is 10.2 Å². The number of likely N-dealkylation sites (tertiary alicyclic amines) is 1. The van der Waals surface area contributed by atoms with Crippen LogP contribution in [0.1, 0.15) is 28.8 Å². The van der Waals surface area contributed by atoms with Gasteiger partial charge in [-0.1, -0.05) is 36.4 Å². The van der Waals surface area contributed by atoms with Gasteiger partial charge in [0.2, 0.25) is 5.91 Å². The maximum atomic E-state index is 12.7. The number of carbonyl (C=O) groups excluding carboxylic acids is 2. The Labute approximate surface area is 160 Å². The fraction of sp³-hybridized carbons (Fsp3) is 0.364. The van der Waals surface area contributed by atoms with E-state index in [1.165, 1.54) is 0 Å². The zero-order valence-electron chi connectivity index (χ0n) is 15.8. The van der Waals surface area contributed by atoms with Crippen molar-refractivity contribution < 1.29 is 9.59 Å². The molecule has 5 heteroatoms. The summed E-state index contributed by atoms with van der Waals surface area (Å²) in [5.41, 5.74) is 9.58. The van der Waals surface area contributed by atoms with E-state index in [-0.39, 0.29) is 11.8 Å². The Balaban J connectivity index is 1.68. The molecule has 5 nitrogen and oxygen atoms in total. The summed E-state index contributed by atoms with van der Waals surface area (Å²) in [5, 5.41) is 2.63. The lowest BCUT2D eigenvalue weighted by atomic mass is 9.97. The molecule has 2 aromatic carbocycles. The molecule has 27 heavy (non-hydrogen) atoms. The zero-order valence-corrected chi connectivity index (χ0v) is 15.8. The van der Waals surface area contributed by atoms with E-state index in [0.29, 0.717) is 24.4 Å². The van der Waals surface area contributed by atoms with Crippen LogP contribution in [-0.2, 0) is 11.2 Å². The van der Waals surface area contributed by atoms with Crippen LogP contribution in [0.3, 0.4) is 0 Å². The molecular weight excluding hydrogens is 338 g/mol. The van der Waals surface area contributed by atoms with Crippen LogP contribution in [0.5, 0.6) is 0 Å². The normalized spacial score (nSPS) is 16.8. The van der Waals surface area contributed by atoms with Crippen molar-refractivity contribution in [2.45, 2.75) is 19.3 Å². The Morgan fingerprint density at radius 2 is 1.70 bits per heavy atom. The summed E-state index contributed by atoms with van der Waals surface area (Å²) >= 11 is 0. The molecule has 3 N–H and O–H groups in total. The quantitative estimate of drug-likeness (QED) is 0.855. The molecule has 1 fully saturated rings. The Morgan fingerprint density at radius 3 is 2.30 bits per heavy atom. The summed E-state index contributed by atoms with van der Waals surface area (Å²) in [6, 6.07) is 15.7. The molecule has 0 saturated carbocycles. The molecular formula is C22H27N3O2. The first-order chi connectivity index (χ1) is 13.1. The number of hydrogen-bond acceptors (Lipinski definition) is 3. The van der Waals surface area contributed by atoms with Crippen molar-refractivity contribution in [3.8, 4) is 11.1 Å². The number of nitrogens with two attached hydrogens (primary N) is 1. The van der Waals surface area contributed by atoms with Gasteiger partial charge in [-0.2, -0.15) is 0 Å². The number of benzene rings is 2. The van der Waals surface area contributed by atoms with Gasteiger partial charge in [0.05, 0.1) is 6.42 Å². The Hall–Kier alpha value is -2.66. The van der Waals surface area contributed by atoms with Gasteiger partial charge in [-0.3, -0.25) is 9.59 Å².